The van der Waals surface area contributed by atoms with E-state index in [-0.39, 0.29) is 13.0 Å². The molecule has 9 heteroatoms. The van der Waals surface area contributed by atoms with Crippen LogP contribution in [0, 0.1) is 0 Å². The lowest BCUT2D eigenvalue weighted by molar-refractivity contribution is -0.645. The largest absolute Gasteiger partial charge is 0.549 e. The lowest BCUT2D eigenvalue weighted by Crippen LogP contribution is -2.45. The second-order valence-corrected chi connectivity index (χ2v) is 7.86. The van der Waals surface area contributed by atoms with Gasteiger partial charge in [0.2, 0.25) is 11.0 Å². The van der Waals surface area contributed by atoms with Gasteiger partial charge in [0.1, 0.15) is 16.7 Å². The van der Waals surface area contributed by atoms with Crippen molar-refractivity contribution in [3.63, 3.8) is 0 Å². The highest BCUT2D eigenvalue weighted by molar-refractivity contribution is 7.87. The van der Waals surface area contributed by atoms with E-state index < -0.39 is 21.3 Å². The van der Waals surface area contributed by atoms with Crippen molar-refractivity contribution in [3.8, 4) is 11.5 Å². The van der Waals surface area contributed by atoms with E-state index in [2.05, 4.69) is 0 Å². The Balaban J connectivity index is 2.18. The van der Waals surface area contributed by atoms with Crippen molar-refractivity contribution >= 4 is 37.9 Å². The van der Waals surface area contributed by atoms with E-state index in [4.69, 9.17) is 9.47 Å². The summed E-state index contributed by atoms with van der Waals surface area (Å²) in [5, 5.41) is 10.8. The molecule has 0 aliphatic carbocycles. The summed E-state index contributed by atoms with van der Waals surface area (Å²) in [6, 6.07) is 12.7. The Bertz CT molecular complexity index is 1100. The molecule has 0 amide bonds. The number of hydrogen-bond acceptors (Lipinski definition) is 6. The maximum absolute atomic E-state index is 11.4. The zero-order valence-corrected chi connectivity index (χ0v) is 16.1. The van der Waals surface area contributed by atoms with Crippen LogP contribution >= 0.6 is 0 Å². The number of rotatable bonds is 7. The number of carboxylic acids is 1. The van der Waals surface area contributed by atoms with Crippen molar-refractivity contribution in [1.82, 2.24) is 0 Å². The highest BCUT2D eigenvalue weighted by Gasteiger charge is 2.27. The number of aliphatic carboxylic acids is 1. The third-order valence-electron chi connectivity index (χ3n) is 4.60. The molecule has 2 aromatic carbocycles. The summed E-state index contributed by atoms with van der Waals surface area (Å²) in [7, 11) is -1.67. The van der Waals surface area contributed by atoms with E-state index in [1.54, 1.807) is 43.1 Å². The molecule has 3 aromatic rings. The Kier molecular flexibility index (Phi) is 5.39. The summed E-state index contributed by atoms with van der Waals surface area (Å²) in [6.07, 6.45) is -0.349. The molecule has 0 radical (unpaired) electrons. The van der Waals surface area contributed by atoms with Crippen LogP contribution in [0.5, 0.6) is 11.5 Å². The predicted octanol–water partition coefficient (Wildman–Crippen LogP) is 0.694. The molecule has 1 aromatic heterocycles. The topological polar surface area (TPSA) is 117 Å². The third-order valence-corrected chi connectivity index (χ3v) is 5.75. The Morgan fingerprint density at radius 1 is 1.04 bits per heavy atom. The number of carbonyl (C=O) groups is 1. The van der Waals surface area contributed by atoms with Gasteiger partial charge in [0, 0.05) is 18.6 Å². The SMILES string of the molecule is COc1ccc2c(c1)cc1cc(OC)ccc1[n+]2CCC(C(=O)[O-])S(=O)(=O)O. The number of nitrogens with zero attached hydrogens (tertiary/aromatic N) is 1. The number of ether oxygens (including phenoxy) is 2. The number of hydrogen-bond donors (Lipinski definition) is 1. The van der Waals surface area contributed by atoms with Crippen molar-refractivity contribution in [2.75, 3.05) is 14.2 Å². The Morgan fingerprint density at radius 3 is 1.93 bits per heavy atom. The first kappa shape index (κ1) is 19.8. The summed E-state index contributed by atoms with van der Waals surface area (Å²) in [5.41, 5.74) is 1.51. The van der Waals surface area contributed by atoms with Crippen molar-refractivity contribution in [2.24, 2.45) is 0 Å². The molecule has 3 rings (SSSR count). The van der Waals surface area contributed by atoms with Gasteiger partial charge in [0.25, 0.3) is 10.1 Å². The van der Waals surface area contributed by atoms with E-state index in [0.29, 0.717) is 11.5 Å². The minimum Gasteiger partial charge on any atom is -0.549 e. The summed E-state index contributed by atoms with van der Waals surface area (Å²) < 4.78 is 44.3. The maximum Gasteiger partial charge on any atom is 0.273 e. The fourth-order valence-corrected chi connectivity index (χ4v) is 3.86. The number of aryl methyl sites for hydroxylation is 1. The van der Waals surface area contributed by atoms with Gasteiger partial charge in [-0.15, -0.1) is 0 Å². The van der Waals surface area contributed by atoms with Crippen LogP contribution in [0.1, 0.15) is 6.42 Å². The Hall–Kier alpha value is -2.91. The molecule has 1 N–H and O–H groups in total. The van der Waals surface area contributed by atoms with Crippen LogP contribution in [-0.2, 0) is 21.5 Å². The van der Waals surface area contributed by atoms with Crippen molar-refractivity contribution in [2.45, 2.75) is 18.2 Å². The number of aromatic nitrogens is 1. The standard InChI is InChI=1S/C19H19NO7S/c1-26-14-3-5-16-12(10-14)9-13-11-15(27-2)4-6-17(13)20(16)8-7-18(19(21)22)28(23,24)25/h3-6,9-11,18H,7-8H2,1-2H3,(H-,21,22,23,24,25). The second kappa shape index (κ2) is 7.61. The Labute approximate surface area is 161 Å². The molecule has 1 unspecified atom stereocenters. The number of fused-ring (bicyclic) bond motifs is 2. The van der Waals surface area contributed by atoms with E-state index >= 15 is 0 Å². The molecule has 0 aliphatic rings. The Morgan fingerprint density at radius 2 is 1.54 bits per heavy atom. The van der Waals surface area contributed by atoms with E-state index in [9.17, 15) is 22.9 Å². The van der Waals surface area contributed by atoms with Crippen LogP contribution in [0.4, 0.5) is 0 Å². The molecule has 0 spiro atoms. The first-order chi connectivity index (χ1) is 13.2. The molecule has 0 saturated heterocycles. The van der Waals surface area contributed by atoms with Gasteiger partial charge in [-0.2, -0.15) is 13.0 Å². The quantitative estimate of drug-likeness (QED) is 0.349. The molecule has 0 aliphatic heterocycles. The molecular weight excluding hydrogens is 386 g/mol. The van der Waals surface area contributed by atoms with Crippen molar-refractivity contribution in [1.29, 1.82) is 0 Å². The van der Waals surface area contributed by atoms with Gasteiger partial charge in [-0.1, -0.05) is 0 Å². The minimum absolute atomic E-state index is 0.0327. The molecule has 0 bridgehead atoms. The molecule has 8 nitrogen and oxygen atoms in total. The lowest BCUT2D eigenvalue weighted by atomic mass is 10.1. The average Bonchev–Trinajstić information content (AvgIpc) is 2.65. The zero-order chi connectivity index (χ0) is 20.5. The van der Waals surface area contributed by atoms with Gasteiger partial charge in [-0.3, -0.25) is 4.55 Å². The van der Waals surface area contributed by atoms with Gasteiger partial charge in [0.15, 0.2) is 6.54 Å². The van der Waals surface area contributed by atoms with Crippen molar-refractivity contribution in [3.05, 3.63) is 42.5 Å². The van der Waals surface area contributed by atoms with Crippen LogP contribution in [0.25, 0.3) is 21.8 Å². The van der Waals surface area contributed by atoms with Crippen LogP contribution < -0.4 is 19.1 Å². The van der Waals surface area contributed by atoms with Gasteiger partial charge >= 0.3 is 0 Å². The van der Waals surface area contributed by atoms with E-state index in [0.717, 1.165) is 21.8 Å². The molecule has 0 saturated carbocycles. The maximum atomic E-state index is 11.4. The van der Waals surface area contributed by atoms with E-state index in [1.165, 1.54) is 0 Å². The van der Waals surface area contributed by atoms with E-state index in [1.807, 2.05) is 18.2 Å². The predicted molar refractivity (Wildman–Crippen MR) is 99.7 cm³/mol. The third kappa shape index (κ3) is 3.85. The summed E-state index contributed by atoms with van der Waals surface area (Å²) in [5.74, 6) is -0.547. The molecule has 148 valence electrons. The summed E-state index contributed by atoms with van der Waals surface area (Å²) in [6.45, 7) is 0.0327. The van der Waals surface area contributed by atoms with Gasteiger partial charge < -0.3 is 19.4 Å². The normalized spacial score (nSPS) is 12.8. The van der Waals surface area contributed by atoms with Crippen molar-refractivity contribution < 1.29 is 36.9 Å². The fraction of sp³-hybridized carbons (Fsp3) is 0.263. The first-order valence-electron chi connectivity index (χ1n) is 8.40. The van der Waals surface area contributed by atoms with Crippen LogP contribution in [-0.4, -0.2) is 38.4 Å². The highest BCUT2D eigenvalue weighted by atomic mass is 32.2. The van der Waals surface area contributed by atoms with Gasteiger partial charge in [-0.05, 0) is 30.3 Å². The first-order valence-corrected chi connectivity index (χ1v) is 9.90. The number of benzene rings is 2. The number of carbonyl (C=O) groups excluding carboxylic acids is 1. The summed E-state index contributed by atoms with van der Waals surface area (Å²) >= 11 is 0. The van der Waals surface area contributed by atoms with Crippen LogP contribution in [0.2, 0.25) is 0 Å². The average molecular weight is 405 g/mol. The van der Waals surface area contributed by atoms with Crippen LogP contribution in [0.15, 0.2) is 42.5 Å². The smallest absolute Gasteiger partial charge is 0.273 e. The molecule has 1 heterocycles. The summed E-state index contributed by atoms with van der Waals surface area (Å²) in [4.78, 5) is 11.2. The second-order valence-electron chi connectivity index (χ2n) is 6.26. The lowest BCUT2D eigenvalue weighted by Gasteiger charge is -2.14. The number of pyridine rings is 1. The fourth-order valence-electron chi connectivity index (χ4n) is 3.21. The zero-order valence-electron chi connectivity index (χ0n) is 15.3. The van der Waals surface area contributed by atoms with Gasteiger partial charge in [0.05, 0.1) is 31.0 Å². The molecule has 0 fully saturated rings. The minimum atomic E-state index is -4.78. The molecule has 28 heavy (non-hydrogen) atoms. The van der Waals surface area contributed by atoms with Gasteiger partial charge in [-0.25, -0.2) is 0 Å². The molecular formula is C19H19NO7S. The monoisotopic (exact) mass is 405 g/mol. The highest BCUT2D eigenvalue weighted by Crippen LogP contribution is 2.25. The number of carboxylic acid groups (broad SMARTS) is 1. The molecule has 1 atom stereocenters. The van der Waals surface area contributed by atoms with Crippen LogP contribution in [0.3, 0.4) is 0 Å². The number of methoxy groups -OCH3 is 2.